The van der Waals surface area contributed by atoms with E-state index in [0.29, 0.717) is 6.54 Å². The molecule has 4 heteroatoms. The zero-order chi connectivity index (χ0) is 12.1. The molecule has 0 bridgehead atoms. The van der Waals surface area contributed by atoms with Crippen LogP contribution in [0.5, 0.6) is 0 Å². The van der Waals surface area contributed by atoms with Crippen LogP contribution >= 0.6 is 0 Å². The van der Waals surface area contributed by atoms with Gasteiger partial charge >= 0.3 is 0 Å². The number of rotatable bonds is 4. The van der Waals surface area contributed by atoms with E-state index in [9.17, 15) is 4.79 Å². The second-order valence-corrected chi connectivity index (χ2v) is 4.61. The number of amides is 1. The lowest BCUT2D eigenvalue weighted by atomic mass is 10.2. The van der Waals surface area contributed by atoms with E-state index >= 15 is 0 Å². The highest BCUT2D eigenvalue weighted by Gasteiger charge is 2.24. The number of carbonyl (C=O) groups is 1. The van der Waals surface area contributed by atoms with Crippen LogP contribution < -0.4 is 5.32 Å². The third kappa shape index (κ3) is 3.61. The summed E-state index contributed by atoms with van der Waals surface area (Å²) in [5, 5.41) is 3.29. The predicted molar refractivity (Wildman–Crippen MR) is 66.4 cm³/mol. The molecule has 1 rings (SSSR count). The molecule has 0 aromatic rings. The number of hydrogen-bond donors (Lipinski definition) is 1. The molecule has 0 aliphatic carbocycles. The van der Waals surface area contributed by atoms with E-state index in [4.69, 9.17) is 0 Å². The number of likely N-dealkylation sites (N-methyl/N-ethyl adjacent to an activating group) is 1. The van der Waals surface area contributed by atoms with Gasteiger partial charge in [-0.25, -0.2) is 0 Å². The van der Waals surface area contributed by atoms with Crippen LogP contribution in [0.1, 0.15) is 13.8 Å². The molecule has 1 amide bonds. The summed E-state index contributed by atoms with van der Waals surface area (Å²) in [6.45, 7) is 12.3. The van der Waals surface area contributed by atoms with Gasteiger partial charge in [-0.3, -0.25) is 9.69 Å². The minimum Gasteiger partial charge on any atom is -0.340 e. The zero-order valence-corrected chi connectivity index (χ0v) is 10.6. The molecule has 0 radical (unpaired) electrons. The Morgan fingerprint density at radius 3 is 2.56 bits per heavy atom. The Kier molecular flexibility index (Phi) is 4.96. The Labute approximate surface area is 98.3 Å². The van der Waals surface area contributed by atoms with Crippen molar-refractivity contribution in [2.75, 3.05) is 39.8 Å². The first-order valence-corrected chi connectivity index (χ1v) is 5.86. The summed E-state index contributed by atoms with van der Waals surface area (Å²) in [7, 11) is 1.84. The van der Waals surface area contributed by atoms with Gasteiger partial charge in [-0.2, -0.15) is 0 Å². The molecule has 1 atom stereocenters. The molecular weight excluding hydrogens is 202 g/mol. The van der Waals surface area contributed by atoms with E-state index in [1.165, 1.54) is 0 Å². The minimum absolute atomic E-state index is 0.0218. The van der Waals surface area contributed by atoms with Gasteiger partial charge in [-0.05, 0) is 13.8 Å². The van der Waals surface area contributed by atoms with Gasteiger partial charge in [0.15, 0.2) is 0 Å². The Balaban J connectivity index is 2.48. The third-order valence-corrected chi connectivity index (χ3v) is 2.94. The molecule has 16 heavy (non-hydrogen) atoms. The molecular formula is C12H23N3O. The fourth-order valence-corrected chi connectivity index (χ4v) is 2.03. The van der Waals surface area contributed by atoms with Gasteiger partial charge in [0.25, 0.3) is 0 Å². The topological polar surface area (TPSA) is 35.6 Å². The van der Waals surface area contributed by atoms with Gasteiger partial charge in [0.05, 0.1) is 6.04 Å². The summed E-state index contributed by atoms with van der Waals surface area (Å²) in [6.07, 6.45) is 0. The molecule has 1 fully saturated rings. The lowest BCUT2D eigenvalue weighted by Crippen LogP contribution is -2.53. The Morgan fingerprint density at radius 2 is 2.06 bits per heavy atom. The van der Waals surface area contributed by atoms with E-state index in [2.05, 4.69) is 16.8 Å². The second-order valence-electron chi connectivity index (χ2n) is 4.61. The summed E-state index contributed by atoms with van der Waals surface area (Å²) >= 11 is 0. The average Bonchev–Trinajstić information content (AvgIpc) is 2.27. The summed E-state index contributed by atoms with van der Waals surface area (Å²) in [5.74, 6) is 0.185. The summed E-state index contributed by atoms with van der Waals surface area (Å²) in [5.41, 5.74) is 1.02. The van der Waals surface area contributed by atoms with Crippen molar-refractivity contribution >= 4 is 5.91 Å². The summed E-state index contributed by atoms with van der Waals surface area (Å²) in [6, 6.07) is -0.0218. The molecule has 1 N–H and O–H groups in total. The van der Waals surface area contributed by atoms with Crippen LogP contribution in [0.2, 0.25) is 0 Å². The first-order chi connectivity index (χ1) is 7.52. The van der Waals surface area contributed by atoms with Crippen molar-refractivity contribution in [2.24, 2.45) is 0 Å². The van der Waals surface area contributed by atoms with Gasteiger partial charge in [0.1, 0.15) is 0 Å². The molecule has 0 saturated carbocycles. The fraction of sp³-hybridized carbons (Fsp3) is 0.750. The molecule has 0 spiro atoms. The van der Waals surface area contributed by atoms with Crippen molar-refractivity contribution in [3.05, 3.63) is 12.2 Å². The van der Waals surface area contributed by atoms with Crippen molar-refractivity contribution in [3.8, 4) is 0 Å². The second kappa shape index (κ2) is 6.01. The number of hydrogen-bond acceptors (Lipinski definition) is 3. The van der Waals surface area contributed by atoms with Crippen molar-refractivity contribution < 1.29 is 4.79 Å². The van der Waals surface area contributed by atoms with E-state index in [1.807, 2.05) is 20.9 Å². The molecule has 1 heterocycles. The molecule has 1 aliphatic rings. The Morgan fingerprint density at radius 1 is 1.50 bits per heavy atom. The standard InChI is InChI=1S/C12H23N3O/c1-10(2)9-14(4)12(16)11(3)15-7-5-13-6-8-15/h11,13H,1,5-9H2,2-4H3. The van der Waals surface area contributed by atoms with Crippen LogP contribution in [-0.4, -0.2) is 61.5 Å². The third-order valence-electron chi connectivity index (χ3n) is 2.94. The summed E-state index contributed by atoms with van der Waals surface area (Å²) < 4.78 is 0. The van der Waals surface area contributed by atoms with Crippen LogP contribution in [0.3, 0.4) is 0 Å². The first-order valence-electron chi connectivity index (χ1n) is 5.86. The molecule has 0 aromatic heterocycles. The Hall–Kier alpha value is -0.870. The van der Waals surface area contributed by atoms with E-state index < -0.39 is 0 Å². The quantitative estimate of drug-likeness (QED) is 0.700. The lowest BCUT2D eigenvalue weighted by Gasteiger charge is -2.34. The molecule has 0 aromatic carbocycles. The van der Waals surface area contributed by atoms with Crippen molar-refractivity contribution in [3.63, 3.8) is 0 Å². The minimum atomic E-state index is -0.0218. The fourth-order valence-electron chi connectivity index (χ4n) is 2.03. The van der Waals surface area contributed by atoms with Gasteiger partial charge in [0, 0.05) is 39.8 Å². The molecule has 4 nitrogen and oxygen atoms in total. The largest absolute Gasteiger partial charge is 0.340 e. The molecule has 92 valence electrons. The van der Waals surface area contributed by atoms with Gasteiger partial charge in [0.2, 0.25) is 5.91 Å². The maximum Gasteiger partial charge on any atom is 0.239 e. The van der Waals surface area contributed by atoms with Crippen LogP contribution in [0.25, 0.3) is 0 Å². The normalized spacial score (nSPS) is 19.2. The average molecular weight is 225 g/mol. The van der Waals surface area contributed by atoms with E-state index in [1.54, 1.807) is 4.90 Å². The van der Waals surface area contributed by atoms with Gasteiger partial charge < -0.3 is 10.2 Å². The van der Waals surface area contributed by atoms with Crippen molar-refractivity contribution in [1.29, 1.82) is 0 Å². The number of piperazine rings is 1. The molecule has 1 saturated heterocycles. The SMILES string of the molecule is C=C(C)CN(C)C(=O)C(C)N1CCNCC1. The van der Waals surface area contributed by atoms with Crippen LogP contribution in [0.15, 0.2) is 12.2 Å². The smallest absolute Gasteiger partial charge is 0.239 e. The first kappa shape index (κ1) is 13.2. The highest BCUT2D eigenvalue weighted by atomic mass is 16.2. The molecule has 1 unspecified atom stereocenters. The van der Waals surface area contributed by atoms with Gasteiger partial charge in [-0.15, -0.1) is 0 Å². The Bertz CT molecular complexity index is 259. The predicted octanol–water partition coefficient (Wildman–Crippen LogP) is 0.315. The number of nitrogens with zero attached hydrogens (tertiary/aromatic N) is 2. The highest BCUT2D eigenvalue weighted by Crippen LogP contribution is 2.05. The van der Waals surface area contributed by atoms with Crippen LogP contribution in [0.4, 0.5) is 0 Å². The maximum atomic E-state index is 12.1. The van der Waals surface area contributed by atoms with Crippen molar-refractivity contribution in [2.45, 2.75) is 19.9 Å². The summed E-state index contributed by atoms with van der Waals surface area (Å²) in [4.78, 5) is 16.1. The monoisotopic (exact) mass is 225 g/mol. The van der Waals surface area contributed by atoms with E-state index in [-0.39, 0.29) is 11.9 Å². The zero-order valence-electron chi connectivity index (χ0n) is 10.6. The number of carbonyl (C=O) groups excluding carboxylic acids is 1. The van der Waals surface area contributed by atoms with Crippen LogP contribution in [0, 0.1) is 0 Å². The molecule has 1 aliphatic heterocycles. The highest BCUT2D eigenvalue weighted by molar-refractivity contribution is 5.81. The van der Waals surface area contributed by atoms with Crippen molar-refractivity contribution in [1.82, 2.24) is 15.1 Å². The maximum absolute atomic E-state index is 12.1. The lowest BCUT2D eigenvalue weighted by molar-refractivity contribution is -0.134. The van der Waals surface area contributed by atoms with Gasteiger partial charge in [-0.1, -0.05) is 12.2 Å². The number of nitrogens with one attached hydrogen (secondary N) is 1. The van der Waals surface area contributed by atoms with E-state index in [0.717, 1.165) is 31.8 Å². The van der Waals surface area contributed by atoms with Crippen LogP contribution in [-0.2, 0) is 4.79 Å².